The standard InChI is InChI=1S/C11H21NO4/c1-3-4-5-12-11(14)9-16-7-6-15-8-10(2)13/h3-9H2,1-2H3,(H,12,14). The number of carbonyl (C=O) groups is 2. The quantitative estimate of drug-likeness (QED) is 0.557. The summed E-state index contributed by atoms with van der Waals surface area (Å²) in [6.07, 6.45) is 2.04. The van der Waals surface area contributed by atoms with E-state index in [1.807, 2.05) is 0 Å². The van der Waals surface area contributed by atoms with E-state index in [0.29, 0.717) is 19.8 Å². The zero-order valence-corrected chi connectivity index (χ0v) is 10.1. The minimum absolute atomic E-state index is 0.0164. The number of rotatable bonds is 10. The molecular weight excluding hydrogens is 210 g/mol. The summed E-state index contributed by atoms with van der Waals surface area (Å²) in [5.74, 6) is -0.127. The molecule has 0 aromatic rings. The van der Waals surface area contributed by atoms with E-state index < -0.39 is 0 Å². The summed E-state index contributed by atoms with van der Waals surface area (Å²) >= 11 is 0. The largest absolute Gasteiger partial charge is 0.371 e. The zero-order valence-electron chi connectivity index (χ0n) is 10.1. The van der Waals surface area contributed by atoms with Crippen molar-refractivity contribution in [2.24, 2.45) is 0 Å². The molecule has 1 amide bonds. The maximum atomic E-state index is 11.1. The van der Waals surface area contributed by atoms with E-state index in [0.717, 1.165) is 12.8 Å². The van der Waals surface area contributed by atoms with Crippen molar-refractivity contribution in [3.63, 3.8) is 0 Å². The molecule has 0 aliphatic carbocycles. The number of hydrogen-bond donors (Lipinski definition) is 1. The highest BCUT2D eigenvalue weighted by molar-refractivity contribution is 5.77. The van der Waals surface area contributed by atoms with Crippen LogP contribution in [0, 0.1) is 0 Å². The van der Waals surface area contributed by atoms with E-state index in [1.54, 1.807) is 0 Å². The first-order valence-corrected chi connectivity index (χ1v) is 5.58. The van der Waals surface area contributed by atoms with Crippen LogP contribution in [0.2, 0.25) is 0 Å². The van der Waals surface area contributed by atoms with Gasteiger partial charge in [-0.3, -0.25) is 9.59 Å². The third-order valence-corrected chi connectivity index (χ3v) is 1.76. The van der Waals surface area contributed by atoms with Gasteiger partial charge in [-0.15, -0.1) is 0 Å². The van der Waals surface area contributed by atoms with Crippen molar-refractivity contribution in [3.05, 3.63) is 0 Å². The molecule has 94 valence electrons. The summed E-state index contributed by atoms with van der Waals surface area (Å²) in [4.78, 5) is 21.6. The van der Waals surface area contributed by atoms with Gasteiger partial charge in [-0.25, -0.2) is 0 Å². The highest BCUT2D eigenvalue weighted by atomic mass is 16.5. The Morgan fingerprint density at radius 1 is 1.12 bits per heavy atom. The van der Waals surface area contributed by atoms with Gasteiger partial charge in [0.1, 0.15) is 13.2 Å². The molecule has 0 rings (SSSR count). The molecule has 5 heteroatoms. The Morgan fingerprint density at radius 2 is 1.75 bits per heavy atom. The van der Waals surface area contributed by atoms with Crippen LogP contribution in [-0.4, -0.2) is 44.7 Å². The fourth-order valence-electron chi connectivity index (χ4n) is 0.954. The molecule has 0 aliphatic rings. The molecule has 0 aliphatic heterocycles. The lowest BCUT2D eigenvalue weighted by Gasteiger charge is -2.05. The van der Waals surface area contributed by atoms with Gasteiger partial charge < -0.3 is 14.8 Å². The number of ether oxygens (including phenoxy) is 2. The predicted molar refractivity (Wildman–Crippen MR) is 60.2 cm³/mol. The average molecular weight is 231 g/mol. The minimum Gasteiger partial charge on any atom is -0.371 e. The molecular formula is C11H21NO4. The Labute approximate surface area is 96.5 Å². The molecule has 1 N–H and O–H groups in total. The molecule has 0 aromatic carbocycles. The van der Waals surface area contributed by atoms with Crippen molar-refractivity contribution in [1.82, 2.24) is 5.32 Å². The summed E-state index contributed by atoms with van der Waals surface area (Å²) < 4.78 is 10.0. The van der Waals surface area contributed by atoms with Gasteiger partial charge in [-0.05, 0) is 13.3 Å². The first-order valence-electron chi connectivity index (χ1n) is 5.58. The van der Waals surface area contributed by atoms with Gasteiger partial charge in [0, 0.05) is 6.54 Å². The van der Waals surface area contributed by atoms with E-state index >= 15 is 0 Å². The second-order valence-corrected chi connectivity index (χ2v) is 3.51. The SMILES string of the molecule is CCCCNC(=O)COCCOCC(C)=O. The molecule has 0 bridgehead atoms. The zero-order chi connectivity index (χ0) is 12.2. The lowest BCUT2D eigenvalue weighted by molar-refractivity contribution is -0.127. The number of carbonyl (C=O) groups excluding carboxylic acids is 2. The summed E-state index contributed by atoms with van der Waals surface area (Å²) in [5, 5.41) is 2.73. The normalized spacial score (nSPS) is 10.1. The highest BCUT2D eigenvalue weighted by Gasteiger charge is 2.00. The molecule has 0 spiro atoms. The van der Waals surface area contributed by atoms with E-state index in [2.05, 4.69) is 12.2 Å². The van der Waals surface area contributed by atoms with Gasteiger partial charge in [0.15, 0.2) is 5.78 Å². The van der Waals surface area contributed by atoms with Crippen molar-refractivity contribution in [3.8, 4) is 0 Å². The van der Waals surface area contributed by atoms with Gasteiger partial charge in [-0.1, -0.05) is 13.3 Å². The maximum Gasteiger partial charge on any atom is 0.245 e. The second-order valence-electron chi connectivity index (χ2n) is 3.51. The Balaban J connectivity index is 3.18. The molecule has 0 heterocycles. The van der Waals surface area contributed by atoms with Crippen molar-refractivity contribution in [2.75, 3.05) is 33.0 Å². The molecule has 0 saturated carbocycles. The summed E-state index contributed by atoms with van der Waals surface area (Å²) in [5.41, 5.74) is 0. The smallest absolute Gasteiger partial charge is 0.245 e. The molecule has 0 fully saturated rings. The van der Waals surface area contributed by atoms with Crippen LogP contribution in [0.3, 0.4) is 0 Å². The van der Waals surface area contributed by atoms with Gasteiger partial charge >= 0.3 is 0 Å². The fraction of sp³-hybridized carbons (Fsp3) is 0.818. The third kappa shape index (κ3) is 11.1. The van der Waals surface area contributed by atoms with Crippen molar-refractivity contribution < 1.29 is 19.1 Å². The summed E-state index contributed by atoms with van der Waals surface area (Å²) in [6.45, 7) is 5.03. The maximum absolute atomic E-state index is 11.1. The average Bonchev–Trinajstić information content (AvgIpc) is 2.23. The molecule has 0 atom stereocenters. The van der Waals surface area contributed by atoms with E-state index in [4.69, 9.17) is 9.47 Å². The molecule has 0 radical (unpaired) electrons. The highest BCUT2D eigenvalue weighted by Crippen LogP contribution is 1.84. The Hall–Kier alpha value is -0.940. The number of hydrogen-bond acceptors (Lipinski definition) is 4. The number of unbranched alkanes of at least 4 members (excludes halogenated alkanes) is 1. The van der Waals surface area contributed by atoms with Crippen molar-refractivity contribution in [2.45, 2.75) is 26.7 Å². The number of nitrogens with one attached hydrogen (secondary N) is 1. The van der Waals surface area contributed by atoms with Crippen LogP contribution in [0.5, 0.6) is 0 Å². The molecule has 5 nitrogen and oxygen atoms in total. The van der Waals surface area contributed by atoms with Gasteiger partial charge in [-0.2, -0.15) is 0 Å². The van der Waals surface area contributed by atoms with E-state index in [9.17, 15) is 9.59 Å². The van der Waals surface area contributed by atoms with Gasteiger partial charge in [0.25, 0.3) is 0 Å². The fourth-order valence-corrected chi connectivity index (χ4v) is 0.954. The first kappa shape index (κ1) is 15.1. The topological polar surface area (TPSA) is 64.6 Å². The monoisotopic (exact) mass is 231 g/mol. The van der Waals surface area contributed by atoms with Crippen LogP contribution in [-0.2, 0) is 19.1 Å². The Bertz CT molecular complexity index is 206. The lowest BCUT2D eigenvalue weighted by Crippen LogP contribution is -2.29. The molecule has 0 saturated heterocycles. The Morgan fingerprint density at radius 3 is 2.31 bits per heavy atom. The summed E-state index contributed by atoms with van der Waals surface area (Å²) in [7, 11) is 0. The molecule has 16 heavy (non-hydrogen) atoms. The van der Waals surface area contributed by atoms with Crippen LogP contribution in [0.4, 0.5) is 0 Å². The van der Waals surface area contributed by atoms with Crippen LogP contribution in [0.1, 0.15) is 26.7 Å². The number of amides is 1. The minimum atomic E-state index is -0.111. The third-order valence-electron chi connectivity index (χ3n) is 1.76. The number of Topliss-reactive ketones (excluding diaryl/α,β-unsaturated/α-hetero) is 1. The lowest BCUT2D eigenvalue weighted by atomic mass is 10.3. The first-order chi connectivity index (χ1) is 7.66. The van der Waals surface area contributed by atoms with Crippen LogP contribution >= 0.6 is 0 Å². The Kier molecular flexibility index (Phi) is 9.95. The van der Waals surface area contributed by atoms with E-state index in [1.165, 1.54) is 6.92 Å². The van der Waals surface area contributed by atoms with Gasteiger partial charge in [0.2, 0.25) is 5.91 Å². The van der Waals surface area contributed by atoms with Crippen LogP contribution in [0.15, 0.2) is 0 Å². The van der Waals surface area contributed by atoms with Crippen molar-refractivity contribution in [1.29, 1.82) is 0 Å². The van der Waals surface area contributed by atoms with E-state index in [-0.39, 0.29) is 24.9 Å². The van der Waals surface area contributed by atoms with Crippen LogP contribution in [0.25, 0.3) is 0 Å². The molecule has 0 aromatic heterocycles. The molecule has 0 unspecified atom stereocenters. The summed E-state index contributed by atoms with van der Waals surface area (Å²) in [6, 6.07) is 0. The second kappa shape index (κ2) is 10.6. The van der Waals surface area contributed by atoms with Gasteiger partial charge in [0.05, 0.1) is 13.2 Å². The van der Waals surface area contributed by atoms with Crippen molar-refractivity contribution >= 4 is 11.7 Å². The predicted octanol–water partition coefficient (Wildman–Crippen LogP) is 0.525. The van der Waals surface area contributed by atoms with Crippen LogP contribution < -0.4 is 5.32 Å². The number of ketones is 1.